The molecule has 14 nitrogen and oxygen atoms in total. The molecule has 0 aliphatic carbocycles. The molecule has 0 saturated heterocycles. The van der Waals surface area contributed by atoms with Gasteiger partial charge in [0.15, 0.2) is 0 Å². The van der Waals surface area contributed by atoms with Gasteiger partial charge in [0.25, 0.3) is 0 Å². The molecule has 0 atom stereocenters. The van der Waals surface area contributed by atoms with E-state index in [0.717, 1.165) is 4.90 Å². The van der Waals surface area contributed by atoms with E-state index in [0.29, 0.717) is 5.69 Å². The van der Waals surface area contributed by atoms with Gasteiger partial charge in [0, 0.05) is 57.4 Å². The smallest absolute Gasteiger partial charge is 0.323 e. The van der Waals surface area contributed by atoms with Gasteiger partial charge in [0.2, 0.25) is 5.91 Å². The maximum Gasteiger partial charge on any atom is 0.323 e. The summed E-state index contributed by atoms with van der Waals surface area (Å²) in [6.07, 6.45) is 2.91. The number of anilines is 1. The Bertz CT molecular complexity index is 1000. The van der Waals surface area contributed by atoms with Crippen molar-refractivity contribution in [2.75, 3.05) is 76.9 Å². The lowest BCUT2D eigenvalue weighted by molar-refractivity contribution is -0.139. The van der Waals surface area contributed by atoms with Crippen LogP contribution < -0.4 is 4.90 Å². The summed E-state index contributed by atoms with van der Waals surface area (Å²) in [7, 11) is 0. The second-order valence-corrected chi connectivity index (χ2v) is 8.68. The van der Waals surface area contributed by atoms with Gasteiger partial charge in [-0.3, -0.25) is 33.8 Å². The summed E-state index contributed by atoms with van der Waals surface area (Å²) in [5.74, 6) is -4.93. The van der Waals surface area contributed by atoms with Crippen molar-refractivity contribution in [1.82, 2.24) is 19.6 Å². The van der Waals surface area contributed by atoms with Crippen molar-refractivity contribution in [3.63, 3.8) is 0 Å². The minimum absolute atomic E-state index is 0.167. The van der Waals surface area contributed by atoms with Gasteiger partial charge in [-0.2, -0.15) is 0 Å². The molecule has 14 heteroatoms. The first-order valence-corrected chi connectivity index (χ1v) is 11.9. The monoisotopic (exact) mass is 535 g/mol. The molecule has 1 aromatic carbocycles. The topological polar surface area (TPSA) is 182 Å². The molecule has 1 aliphatic heterocycles. The molecule has 4 N–H and O–H groups in total. The van der Waals surface area contributed by atoms with Gasteiger partial charge in [0.1, 0.15) is 19.6 Å². The molecule has 38 heavy (non-hydrogen) atoms. The van der Waals surface area contributed by atoms with Crippen molar-refractivity contribution in [1.29, 1.82) is 0 Å². The zero-order chi connectivity index (χ0) is 28.1. The van der Waals surface area contributed by atoms with Crippen molar-refractivity contribution in [3.05, 3.63) is 42.7 Å². The first-order chi connectivity index (χ1) is 18.0. The normalized spacial score (nSPS) is 16.6. The van der Waals surface area contributed by atoms with E-state index in [4.69, 9.17) is 0 Å². The molecule has 2 rings (SSSR count). The number of carboxylic acid groups (broad SMARTS) is 4. The predicted octanol–water partition coefficient (Wildman–Crippen LogP) is -0.949. The van der Waals surface area contributed by atoms with Gasteiger partial charge in [-0.05, 0) is 12.1 Å². The fourth-order valence-electron chi connectivity index (χ4n) is 3.85. The number of hydrogen-bond acceptors (Lipinski definition) is 9. The Balaban J connectivity index is 2.28. The number of hydrogen-bond donors (Lipinski definition) is 4. The lowest BCUT2D eigenvalue weighted by atomic mass is 10.2. The van der Waals surface area contributed by atoms with Crippen LogP contribution in [0.1, 0.15) is 0 Å². The van der Waals surface area contributed by atoms with Gasteiger partial charge < -0.3 is 35.1 Å². The van der Waals surface area contributed by atoms with Crippen molar-refractivity contribution in [2.45, 2.75) is 0 Å². The lowest BCUT2D eigenvalue weighted by Crippen LogP contribution is -2.48. The number of carbonyl (C=O) groups excluding carboxylic acids is 1. The maximum absolute atomic E-state index is 13.2. The van der Waals surface area contributed by atoms with Gasteiger partial charge in [-0.1, -0.05) is 18.2 Å². The largest absolute Gasteiger partial charge is 0.480 e. The minimum Gasteiger partial charge on any atom is -0.480 e. The van der Waals surface area contributed by atoms with Crippen LogP contribution in [-0.2, 0) is 24.0 Å². The third-order valence-electron chi connectivity index (χ3n) is 5.68. The van der Waals surface area contributed by atoms with Crippen LogP contribution in [0, 0.1) is 0 Å². The first kappa shape index (κ1) is 30.1. The molecule has 0 unspecified atom stereocenters. The highest BCUT2D eigenvalue weighted by molar-refractivity contribution is 5.98. The van der Waals surface area contributed by atoms with Crippen LogP contribution >= 0.6 is 0 Å². The molecular formula is C24H33N5O9. The molecular weight excluding hydrogens is 502 g/mol. The fraction of sp³-hybridized carbons (Fsp3) is 0.458. The van der Waals surface area contributed by atoms with E-state index in [1.807, 2.05) is 0 Å². The summed E-state index contributed by atoms with van der Waals surface area (Å²) in [4.78, 5) is 66.1. The second kappa shape index (κ2) is 15.2. The number of rotatable bonds is 11. The van der Waals surface area contributed by atoms with Crippen LogP contribution in [0.15, 0.2) is 42.7 Å². The highest BCUT2D eigenvalue weighted by Crippen LogP contribution is 2.14. The quantitative estimate of drug-likeness (QED) is 0.272. The average molecular weight is 536 g/mol. The zero-order valence-corrected chi connectivity index (χ0v) is 20.9. The Morgan fingerprint density at radius 1 is 0.605 bits per heavy atom. The summed E-state index contributed by atoms with van der Waals surface area (Å²) in [5.41, 5.74) is 0.413. The van der Waals surface area contributed by atoms with Crippen LogP contribution in [0.3, 0.4) is 0 Å². The van der Waals surface area contributed by atoms with Crippen LogP contribution in [0.25, 0.3) is 0 Å². The SMILES string of the molecule is O=C(O)CN1/C=C\N(CC(=O)O)CCN(CC(=O)N(CC(=O)O)c2ccccc2)CCN(CC(=O)O)CC1. The van der Waals surface area contributed by atoms with Crippen molar-refractivity contribution < 1.29 is 44.4 Å². The van der Waals surface area contributed by atoms with Gasteiger partial charge in [0.05, 0.1) is 13.1 Å². The fourth-order valence-corrected chi connectivity index (χ4v) is 3.85. The third-order valence-corrected chi connectivity index (χ3v) is 5.68. The molecule has 1 amide bonds. The standard InChI is InChI=1S/C24H33N5O9/c30-20(29(18-24(37)38)19-4-2-1-3-5-19)14-25-6-8-26(15-21(31)32)10-12-28(17-23(35)36)13-11-27(9-7-25)16-22(33)34/h1-5,10,12H,6-9,11,13-18H2,(H,31,32)(H,33,34)(H,35,36)(H,37,38)/b12-10-. The van der Waals surface area contributed by atoms with E-state index in [-0.39, 0.29) is 65.4 Å². The maximum atomic E-state index is 13.2. The second-order valence-electron chi connectivity index (χ2n) is 8.68. The molecule has 1 heterocycles. The Hall–Kier alpha value is -4.17. The Kier molecular flexibility index (Phi) is 12.0. The van der Waals surface area contributed by atoms with E-state index in [1.165, 1.54) is 22.2 Å². The van der Waals surface area contributed by atoms with E-state index < -0.39 is 36.3 Å². The van der Waals surface area contributed by atoms with E-state index >= 15 is 0 Å². The van der Waals surface area contributed by atoms with Crippen LogP contribution in [0.2, 0.25) is 0 Å². The minimum atomic E-state index is -1.19. The number of aliphatic carboxylic acids is 4. The predicted molar refractivity (Wildman–Crippen MR) is 135 cm³/mol. The molecule has 1 aromatic rings. The zero-order valence-electron chi connectivity index (χ0n) is 20.9. The number of carboxylic acids is 4. The molecule has 0 spiro atoms. The Morgan fingerprint density at radius 2 is 1.05 bits per heavy atom. The van der Waals surface area contributed by atoms with Crippen LogP contribution in [0.5, 0.6) is 0 Å². The number of amides is 1. The summed E-state index contributed by atoms with van der Waals surface area (Å²) in [5, 5.41) is 37.2. The molecule has 208 valence electrons. The van der Waals surface area contributed by atoms with Crippen molar-refractivity contribution in [2.24, 2.45) is 0 Å². The number of benzene rings is 1. The summed E-state index contributed by atoms with van der Waals surface area (Å²) >= 11 is 0. The highest BCUT2D eigenvalue weighted by Gasteiger charge is 2.23. The molecule has 0 radical (unpaired) electrons. The Morgan fingerprint density at radius 3 is 1.50 bits per heavy atom. The summed E-state index contributed by atoms with van der Waals surface area (Å²) in [6.45, 7) is -0.515. The van der Waals surface area contributed by atoms with Crippen LogP contribution in [0.4, 0.5) is 5.69 Å². The molecule has 1 aliphatic rings. The summed E-state index contributed by atoms with van der Waals surface area (Å²) < 4.78 is 0. The summed E-state index contributed by atoms with van der Waals surface area (Å²) in [6, 6.07) is 8.34. The molecule has 0 bridgehead atoms. The molecule has 0 aromatic heterocycles. The number of para-hydroxylation sites is 1. The average Bonchev–Trinajstić information content (AvgIpc) is 2.83. The van der Waals surface area contributed by atoms with E-state index in [9.17, 15) is 44.4 Å². The van der Waals surface area contributed by atoms with Crippen molar-refractivity contribution in [3.8, 4) is 0 Å². The lowest BCUT2D eigenvalue weighted by Gasteiger charge is -2.32. The molecule has 0 saturated carbocycles. The molecule has 0 fully saturated rings. The van der Waals surface area contributed by atoms with Gasteiger partial charge in [-0.15, -0.1) is 0 Å². The van der Waals surface area contributed by atoms with Crippen molar-refractivity contribution >= 4 is 35.5 Å². The number of nitrogens with zero attached hydrogens (tertiary/aromatic N) is 5. The van der Waals surface area contributed by atoms with Gasteiger partial charge >= 0.3 is 23.9 Å². The van der Waals surface area contributed by atoms with E-state index in [2.05, 4.69) is 0 Å². The Labute approximate surface area is 219 Å². The number of carbonyl (C=O) groups is 5. The van der Waals surface area contributed by atoms with Gasteiger partial charge in [-0.25, -0.2) is 0 Å². The van der Waals surface area contributed by atoms with E-state index in [1.54, 1.807) is 40.1 Å². The first-order valence-electron chi connectivity index (χ1n) is 11.9. The van der Waals surface area contributed by atoms with Crippen LogP contribution in [-0.4, -0.2) is 142 Å². The third kappa shape index (κ3) is 11.3. The highest BCUT2D eigenvalue weighted by atomic mass is 16.4.